The average Bonchev–Trinajstić information content (AvgIpc) is 2.87. The molecule has 0 aliphatic rings. The maximum absolute atomic E-state index is 10.9. The number of halogens is 1. The Kier molecular flexibility index (Phi) is 5.76. The third kappa shape index (κ3) is 4.04. The first-order chi connectivity index (χ1) is 10.2. The molecule has 0 aliphatic heterocycles. The van der Waals surface area contributed by atoms with E-state index in [1.54, 1.807) is 23.5 Å². The first-order valence-electron chi connectivity index (χ1n) is 6.59. The number of aryl methyl sites for hydroxylation is 1. The fourth-order valence-corrected chi connectivity index (χ4v) is 3.21. The predicted octanol–water partition coefficient (Wildman–Crippen LogP) is 4.05. The number of rotatable bonds is 7. The number of carbonyl (C=O) groups is 1. The van der Waals surface area contributed by atoms with E-state index in [0.29, 0.717) is 30.3 Å². The Hall–Kier alpha value is -1.40. The van der Waals surface area contributed by atoms with Crippen LogP contribution in [0.5, 0.6) is 11.5 Å². The van der Waals surface area contributed by atoms with Crippen molar-refractivity contribution in [2.45, 2.75) is 20.3 Å². The SMILES string of the molecule is CCOc1cc(C=O)cc(Br)c1OCCc1scnc1C. The van der Waals surface area contributed by atoms with Crippen molar-refractivity contribution in [2.24, 2.45) is 0 Å². The van der Waals surface area contributed by atoms with E-state index in [4.69, 9.17) is 9.47 Å². The van der Waals surface area contributed by atoms with Gasteiger partial charge >= 0.3 is 0 Å². The number of nitrogens with zero attached hydrogens (tertiary/aromatic N) is 1. The summed E-state index contributed by atoms with van der Waals surface area (Å²) in [4.78, 5) is 16.3. The van der Waals surface area contributed by atoms with Crippen molar-refractivity contribution in [1.82, 2.24) is 4.98 Å². The van der Waals surface area contributed by atoms with Gasteiger partial charge in [-0.15, -0.1) is 11.3 Å². The van der Waals surface area contributed by atoms with Crippen molar-refractivity contribution in [3.8, 4) is 11.5 Å². The van der Waals surface area contributed by atoms with Gasteiger partial charge in [-0.3, -0.25) is 4.79 Å². The van der Waals surface area contributed by atoms with Gasteiger partial charge in [-0.25, -0.2) is 4.98 Å². The number of aldehydes is 1. The largest absolute Gasteiger partial charge is 0.490 e. The Morgan fingerprint density at radius 3 is 2.81 bits per heavy atom. The Bertz CT molecular complexity index is 627. The monoisotopic (exact) mass is 369 g/mol. The zero-order chi connectivity index (χ0) is 15.2. The summed E-state index contributed by atoms with van der Waals surface area (Å²) >= 11 is 5.06. The minimum atomic E-state index is 0.513. The molecule has 0 saturated carbocycles. The van der Waals surface area contributed by atoms with Gasteiger partial charge in [-0.1, -0.05) is 0 Å². The highest BCUT2D eigenvalue weighted by molar-refractivity contribution is 9.10. The van der Waals surface area contributed by atoms with Crippen molar-refractivity contribution >= 4 is 33.6 Å². The molecule has 0 amide bonds. The fraction of sp³-hybridized carbons (Fsp3) is 0.333. The molecule has 2 rings (SSSR count). The first-order valence-corrected chi connectivity index (χ1v) is 8.26. The number of aromatic nitrogens is 1. The summed E-state index contributed by atoms with van der Waals surface area (Å²) in [7, 11) is 0. The van der Waals surface area contributed by atoms with E-state index in [1.807, 2.05) is 19.4 Å². The van der Waals surface area contributed by atoms with E-state index < -0.39 is 0 Å². The van der Waals surface area contributed by atoms with Crippen LogP contribution < -0.4 is 9.47 Å². The highest BCUT2D eigenvalue weighted by Gasteiger charge is 2.12. The first kappa shape index (κ1) is 16.0. The third-order valence-electron chi connectivity index (χ3n) is 2.89. The summed E-state index contributed by atoms with van der Waals surface area (Å²) in [5, 5.41) is 0. The summed E-state index contributed by atoms with van der Waals surface area (Å²) in [6.07, 6.45) is 1.58. The van der Waals surface area contributed by atoms with Gasteiger partial charge in [0, 0.05) is 16.9 Å². The van der Waals surface area contributed by atoms with Gasteiger partial charge in [0.1, 0.15) is 6.29 Å². The molecule has 4 nitrogen and oxygen atoms in total. The van der Waals surface area contributed by atoms with Crippen molar-refractivity contribution in [3.05, 3.63) is 38.3 Å². The molecule has 0 bridgehead atoms. The molecule has 6 heteroatoms. The Labute approximate surface area is 136 Å². The van der Waals surface area contributed by atoms with Gasteiger partial charge in [0.2, 0.25) is 0 Å². The van der Waals surface area contributed by atoms with Gasteiger partial charge < -0.3 is 9.47 Å². The lowest BCUT2D eigenvalue weighted by atomic mass is 10.2. The average molecular weight is 370 g/mol. The van der Waals surface area contributed by atoms with Crippen molar-refractivity contribution in [2.75, 3.05) is 13.2 Å². The Balaban J connectivity index is 2.11. The molecular formula is C15H16BrNO3S. The lowest BCUT2D eigenvalue weighted by Crippen LogP contribution is -2.05. The van der Waals surface area contributed by atoms with E-state index in [9.17, 15) is 4.79 Å². The minimum Gasteiger partial charge on any atom is -0.490 e. The quantitative estimate of drug-likeness (QED) is 0.690. The van der Waals surface area contributed by atoms with Crippen molar-refractivity contribution < 1.29 is 14.3 Å². The topological polar surface area (TPSA) is 48.4 Å². The number of hydrogen-bond acceptors (Lipinski definition) is 5. The molecule has 0 radical (unpaired) electrons. The highest BCUT2D eigenvalue weighted by atomic mass is 79.9. The maximum Gasteiger partial charge on any atom is 0.175 e. The summed E-state index contributed by atoms with van der Waals surface area (Å²) in [6.45, 7) is 4.93. The molecule has 0 fully saturated rings. The molecule has 0 atom stereocenters. The van der Waals surface area contributed by atoms with E-state index >= 15 is 0 Å². The van der Waals surface area contributed by atoms with Gasteiger partial charge in [-0.2, -0.15) is 0 Å². The molecular weight excluding hydrogens is 354 g/mol. The molecule has 2 aromatic rings. The van der Waals surface area contributed by atoms with Crippen LogP contribution in [0.3, 0.4) is 0 Å². The van der Waals surface area contributed by atoms with E-state index in [-0.39, 0.29) is 0 Å². The molecule has 1 aromatic heterocycles. The van der Waals surface area contributed by atoms with Crippen LogP contribution >= 0.6 is 27.3 Å². The van der Waals surface area contributed by atoms with Gasteiger partial charge in [-0.05, 0) is 41.9 Å². The summed E-state index contributed by atoms with van der Waals surface area (Å²) in [5.74, 6) is 1.21. The third-order valence-corrected chi connectivity index (χ3v) is 4.47. The van der Waals surface area contributed by atoms with Crippen LogP contribution in [0.25, 0.3) is 0 Å². The van der Waals surface area contributed by atoms with Crippen LogP contribution in [0.2, 0.25) is 0 Å². The lowest BCUT2D eigenvalue weighted by Gasteiger charge is -2.14. The number of hydrogen-bond donors (Lipinski definition) is 0. The molecule has 1 aromatic carbocycles. The van der Waals surface area contributed by atoms with Crippen LogP contribution in [0, 0.1) is 6.92 Å². The molecule has 0 saturated heterocycles. The smallest absolute Gasteiger partial charge is 0.175 e. The molecule has 1 heterocycles. The second kappa shape index (κ2) is 7.56. The van der Waals surface area contributed by atoms with Gasteiger partial charge in [0.25, 0.3) is 0 Å². The zero-order valence-electron chi connectivity index (χ0n) is 11.9. The van der Waals surface area contributed by atoms with Crippen LogP contribution in [0.1, 0.15) is 27.9 Å². The maximum atomic E-state index is 10.9. The lowest BCUT2D eigenvalue weighted by molar-refractivity contribution is 0.112. The molecule has 21 heavy (non-hydrogen) atoms. The highest BCUT2D eigenvalue weighted by Crippen LogP contribution is 2.36. The van der Waals surface area contributed by atoms with E-state index in [0.717, 1.165) is 22.9 Å². The van der Waals surface area contributed by atoms with Crippen LogP contribution in [0.15, 0.2) is 22.1 Å². The Morgan fingerprint density at radius 2 is 2.19 bits per heavy atom. The molecule has 112 valence electrons. The summed E-state index contributed by atoms with van der Waals surface area (Å²) in [5.41, 5.74) is 3.44. The molecule has 0 N–H and O–H groups in total. The predicted molar refractivity (Wildman–Crippen MR) is 86.7 cm³/mol. The standard InChI is InChI=1S/C15H16BrNO3S/c1-3-19-13-7-11(8-18)6-12(16)15(13)20-5-4-14-10(2)17-9-21-14/h6-9H,3-5H2,1-2H3. The molecule has 0 aliphatic carbocycles. The molecule has 0 unspecified atom stereocenters. The number of carbonyl (C=O) groups excluding carboxylic acids is 1. The minimum absolute atomic E-state index is 0.513. The van der Waals surface area contributed by atoms with Gasteiger partial charge in [0.05, 0.1) is 28.9 Å². The second-order valence-corrected chi connectivity index (χ2v) is 6.13. The fourth-order valence-electron chi connectivity index (χ4n) is 1.87. The van der Waals surface area contributed by atoms with Crippen molar-refractivity contribution in [1.29, 1.82) is 0 Å². The number of ether oxygens (including phenoxy) is 2. The van der Waals surface area contributed by atoms with Gasteiger partial charge in [0.15, 0.2) is 11.5 Å². The number of benzene rings is 1. The van der Waals surface area contributed by atoms with E-state index in [1.165, 1.54) is 4.88 Å². The summed E-state index contributed by atoms with van der Waals surface area (Å²) < 4.78 is 12.1. The zero-order valence-corrected chi connectivity index (χ0v) is 14.3. The number of thiazole rings is 1. The van der Waals surface area contributed by atoms with Crippen molar-refractivity contribution in [3.63, 3.8) is 0 Å². The normalized spacial score (nSPS) is 10.4. The van der Waals surface area contributed by atoms with Crippen LogP contribution in [0.4, 0.5) is 0 Å². The Morgan fingerprint density at radius 1 is 1.38 bits per heavy atom. The second-order valence-electron chi connectivity index (χ2n) is 4.34. The van der Waals surface area contributed by atoms with E-state index in [2.05, 4.69) is 20.9 Å². The summed E-state index contributed by atoms with van der Waals surface area (Å²) in [6, 6.07) is 3.41. The van der Waals surface area contributed by atoms with Crippen LogP contribution in [-0.2, 0) is 6.42 Å². The molecule has 0 spiro atoms. The van der Waals surface area contributed by atoms with Crippen LogP contribution in [-0.4, -0.2) is 24.5 Å².